The number of nitriles is 1. The number of nitrogens with zero attached hydrogens (tertiary/aromatic N) is 1. The Labute approximate surface area is 93.5 Å². The molecular formula is C6H4CuLi2NS. The van der Waals surface area contributed by atoms with E-state index in [1.807, 2.05) is 17.5 Å². The summed E-state index contributed by atoms with van der Waals surface area (Å²) < 4.78 is 1.64. The summed E-state index contributed by atoms with van der Waals surface area (Å²) in [5.74, 6) is 0. The Morgan fingerprint density at radius 1 is 1.64 bits per heavy atom. The van der Waals surface area contributed by atoms with Crippen LogP contribution in [0.2, 0.25) is 2.16 Å². The van der Waals surface area contributed by atoms with Crippen molar-refractivity contribution in [1.82, 2.24) is 0 Å². The molecule has 0 aromatic carbocycles. The fourth-order valence-corrected chi connectivity index (χ4v) is 3.52. The van der Waals surface area contributed by atoms with Crippen molar-refractivity contribution in [1.29, 1.82) is 5.26 Å². The maximum absolute atomic E-state index is 8.83. The summed E-state index contributed by atoms with van der Waals surface area (Å²) in [6.45, 7) is 0. The minimum atomic E-state index is -0.124. The monoisotopic (exact) mass is 199 g/mol. The molecule has 0 N–H and O–H groups in total. The van der Waals surface area contributed by atoms with E-state index < -0.39 is 0 Å². The second-order valence-electron chi connectivity index (χ2n) is 2.12. The molecule has 52 valence electrons. The molecule has 11 heavy (non-hydrogen) atoms. The SMILES string of the molecule is [Li][CH]([Li])[Cu]([C]#N)[c]1cccs1. The molecule has 0 saturated carbocycles. The molecule has 0 saturated heterocycles. The standard InChI is InChI=1S/C4H3S.CN.CH.Cu.2Li/c1-2-4-5-3-1;1-2;;;;/h1-3H;;1H;;;. The Kier molecular flexibility index (Phi) is 4.37. The van der Waals surface area contributed by atoms with Gasteiger partial charge in [-0.2, -0.15) is 0 Å². The second-order valence-corrected chi connectivity index (χ2v) is 5.91. The Hall–Kier alpha value is 0.904. The average Bonchev–Trinajstić information content (AvgIpc) is 2.40. The molecule has 5 heteroatoms. The molecule has 0 spiro atoms. The molecule has 0 amide bonds. The number of hydrogen-bond donors (Lipinski definition) is 0. The first kappa shape index (κ1) is 9.99. The van der Waals surface area contributed by atoms with E-state index in [-0.39, 0.29) is 13.9 Å². The van der Waals surface area contributed by atoms with E-state index >= 15 is 0 Å². The van der Waals surface area contributed by atoms with Crippen molar-refractivity contribution >= 4 is 50.5 Å². The quantitative estimate of drug-likeness (QED) is 0.637. The van der Waals surface area contributed by atoms with Gasteiger partial charge in [0.15, 0.2) is 0 Å². The van der Waals surface area contributed by atoms with Crippen LogP contribution in [0.3, 0.4) is 0 Å². The fourth-order valence-electron chi connectivity index (χ4n) is 0.621. The van der Waals surface area contributed by atoms with E-state index in [9.17, 15) is 0 Å². The van der Waals surface area contributed by atoms with E-state index in [1.165, 1.54) is 3.78 Å². The third-order valence-corrected chi connectivity index (χ3v) is 4.53. The Balaban J connectivity index is 2.82. The third kappa shape index (κ3) is 2.70. The van der Waals surface area contributed by atoms with Crippen LogP contribution >= 0.6 is 11.3 Å². The van der Waals surface area contributed by atoms with Gasteiger partial charge in [-0.3, -0.25) is 0 Å². The normalized spacial score (nSPS) is 11.5. The molecule has 1 aromatic rings. The predicted octanol–water partition coefficient (Wildman–Crippen LogP) is 0.513. The van der Waals surface area contributed by atoms with Gasteiger partial charge in [0.2, 0.25) is 0 Å². The van der Waals surface area contributed by atoms with Gasteiger partial charge in [0.05, 0.1) is 0 Å². The minimum absolute atomic E-state index is 0.124. The van der Waals surface area contributed by atoms with Crippen LogP contribution < -0.4 is 3.78 Å². The van der Waals surface area contributed by atoms with Gasteiger partial charge in [-0.1, -0.05) is 0 Å². The summed E-state index contributed by atoms with van der Waals surface area (Å²) in [5.41, 5.74) is 0. The molecule has 1 nitrogen and oxygen atoms in total. The van der Waals surface area contributed by atoms with Gasteiger partial charge >= 0.3 is 94.3 Å². The van der Waals surface area contributed by atoms with Gasteiger partial charge < -0.3 is 0 Å². The van der Waals surface area contributed by atoms with Crippen LogP contribution in [0, 0.1) is 10.2 Å². The molecule has 0 atom stereocenters. The van der Waals surface area contributed by atoms with E-state index in [1.54, 1.807) is 11.3 Å². The molecule has 0 aliphatic carbocycles. The Bertz CT molecular complexity index is 254. The molecular weight excluding hydrogens is 196 g/mol. The molecule has 0 radical (unpaired) electrons. The zero-order valence-corrected chi connectivity index (χ0v) is 8.22. The van der Waals surface area contributed by atoms with E-state index in [0.717, 1.165) is 0 Å². The van der Waals surface area contributed by atoms with Crippen molar-refractivity contribution < 1.29 is 13.9 Å². The summed E-state index contributed by atoms with van der Waals surface area (Å²) in [7, 11) is 0. The van der Waals surface area contributed by atoms with Gasteiger partial charge in [-0.25, -0.2) is 0 Å². The van der Waals surface area contributed by atoms with Crippen molar-refractivity contribution in [3.8, 4) is 4.97 Å². The Morgan fingerprint density at radius 3 is 2.73 bits per heavy atom. The second kappa shape index (κ2) is 4.82. The summed E-state index contributed by atoms with van der Waals surface area (Å²) in [4.78, 5) is 2.34. The van der Waals surface area contributed by atoms with Crippen LogP contribution in [-0.2, 0) is 13.9 Å². The molecule has 1 rings (SSSR count). The van der Waals surface area contributed by atoms with E-state index in [4.69, 9.17) is 5.26 Å². The number of hydrogen-bond acceptors (Lipinski definition) is 2. The first-order valence-corrected chi connectivity index (χ1v) is 5.61. The third-order valence-electron chi connectivity index (χ3n) is 1.05. The van der Waals surface area contributed by atoms with Gasteiger partial charge in [0.25, 0.3) is 0 Å². The van der Waals surface area contributed by atoms with Gasteiger partial charge in [-0.15, -0.1) is 0 Å². The van der Waals surface area contributed by atoms with Crippen LogP contribution in [0.5, 0.6) is 0 Å². The van der Waals surface area contributed by atoms with Crippen molar-refractivity contribution in [2.75, 3.05) is 0 Å². The number of rotatable bonds is 2. The zero-order chi connectivity index (χ0) is 8.27. The van der Waals surface area contributed by atoms with Crippen LogP contribution in [0.15, 0.2) is 17.5 Å². The van der Waals surface area contributed by atoms with Gasteiger partial charge in [0, 0.05) is 0 Å². The molecule has 1 aromatic heterocycles. The number of thiophene rings is 1. The zero-order valence-electron chi connectivity index (χ0n) is 6.47. The van der Waals surface area contributed by atoms with Gasteiger partial charge in [0.1, 0.15) is 0 Å². The molecule has 1 heterocycles. The summed E-state index contributed by atoms with van der Waals surface area (Å²) in [6, 6.07) is 4.03. The fraction of sp³-hybridized carbons (Fsp3) is 0.167. The Morgan fingerprint density at radius 2 is 2.36 bits per heavy atom. The predicted molar refractivity (Wildman–Crippen MR) is 44.8 cm³/mol. The summed E-state index contributed by atoms with van der Waals surface area (Å²) in [6.07, 6.45) is 0. The molecule has 0 unspecified atom stereocenters. The van der Waals surface area contributed by atoms with Crippen LogP contribution in [-0.4, -0.2) is 35.4 Å². The average molecular weight is 200 g/mol. The molecule has 0 bridgehead atoms. The van der Waals surface area contributed by atoms with Crippen LogP contribution in [0.25, 0.3) is 0 Å². The van der Waals surface area contributed by atoms with E-state index in [2.05, 4.69) is 40.4 Å². The van der Waals surface area contributed by atoms with Crippen LogP contribution in [0.1, 0.15) is 0 Å². The molecule has 0 fully saturated rings. The summed E-state index contributed by atoms with van der Waals surface area (Å²) in [5, 5.41) is 10.9. The first-order valence-electron chi connectivity index (χ1n) is 3.25. The van der Waals surface area contributed by atoms with Crippen molar-refractivity contribution in [2.45, 2.75) is 2.16 Å². The van der Waals surface area contributed by atoms with Gasteiger partial charge in [-0.05, 0) is 0 Å². The van der Waals surface area contributed by atoms with E-state index in [0.29, 0.717) is 2.16 Å². The van der Waals surface area contributed by atoms with Crippen molar-refractivity contribution in [3.05, 3.63) is 17.5 Å². The topological polar surface area (TPSA) is 23.8 Å². The first-order chi connectivity index (χ1) is 5.25. The van der Waals surface area contributed by atoms with Crippen LogP contribution in [0.4, 0.5) is 0 Å². The molecule has 0 aliphatic rings. The summed E-state index contributed by atoms with van der Waals surface area (Å²) >= 11 is 5.72. The van der Waals surface area contributed by atoms with Crippen molar-refractivity contribution in [3.63, 3.8) is 0 Å². The molecule has 0 aliphatic heterocycles. The maximum atomic E-state index is 8.83. The van der Waals surface area contributed by atoms with Crippen molar-refractivity contribution in [2.24, 2.45) is 0 Å².